The summed E-state index contributed by atoms with van der Waals surface area (Å²) in [6.45, 7) is 1.91. The van der Waals surface area contributed by atoms with E-state index in [1.54, 1.807) is 24.3 Å². The zero-order valence-electron chi connectivity index (χ0n) is 15.7. The number of rotatable bonds is 10. The molecule has 1 aliphatic rings. The van der Waals surface area contributed by atoms with Crippen molar-refractivity contribution in [2.75, 3.05) is 6.61 Å². The Kier molecular flexibility index (Phi) is 9.00. The SMILES string of the molecule is CCCCCCCC(=O)OC[C@H]1O[C@H](Oc2ccccc2)[C@H](O)[C@@H](O)[C@@H]1O. The van der Waals surface area contributed by atoms with Crippen LogP contribution in [-0.2, 0) is 14.3 Å². The summed E-state index contributed by atoms with van der Waals surface area (Å²) in [5.74, 6) is 0.0800. The van der Waals surface area contributed by atoms with E-state index in [-0.39, 0.29) is 12.6 Å². The van der Waals surface area contributed by atoms with Crippen LogP contribution in [0.3, 0.4) is 0 Å². The molecule has 0 bridgehead atoms. The summed E-state index contributed by atoms with van der Waals surface area (Å²) in [7, 11) is 0. The maximum atomic E-state index is 11.8. The Balaban J connectivity index is 1.81. The summed E-state index contributed by atoms with van der Waals surface area (Å²) in [6.07, 6.45) is -1.01. The monoisotopic (exact) mass is 382 g/mol. The Morgan fingerprint density at radius 2 is 1.70 bits per heavy atom. The molecule has 0 amide bonds. The lowest BCUT2D eigenvalue weighted by atomic mass is 9.99. The van der Waals surface area contributed by atoms with Gasteiger partial charge in [-0.1, -0.05) is 50.8 Å². The van der Waals surface area contributed by atoms with Gasteiger partial charge in [0.05, 0.1) is 0 Å². The van der Waals surface area contributed by atoms with Gasteiger partial charge in [0.25, 0.3) is 0 Å². The summed E-state index contributed by atoms with van der Waals surface area (Å²) in [4.78, 5) is 11.8. The zero-order chi connectivity index (χ0) is 19.6. The average molecular weight is 382 g/mol. The fourth-order valence-electron chi connectivity index (χ4n) is 2.90. The molecular weight excluding hydrogens is 352 g/mol. The Hall–Kier alpha value is -1.67. The first kappa shape index (κ1) is 21.6. The van der Waals surface area contributed by atoms with E-state index in [0.29, 0.717) is 12.2 Å². The highest BCUT2D eigenvalue weighted by molar-refractivity contribution is 5.69. The van der Waals surface area contributed by atoms with Gasteiger partial charge >= 0.3 is 5.97 Å². The fraction of sp³-hybridized carbons (Fsp3) is 0.650. The number of carbonyl (C=O) groups excluding carboxylic acids is 1. The minimum Gasteiger partial charge on any atom is -0.463 e. The van der Waals surface area contributed by atoms with Gasteiger partial charge in [-0.3, -0.25) is 4.79 Å². The van der Waals surface area contributed by atoms with E-state index < -0.39 is 30.7 Å². The molecule has 7 heteroatoms. The van der Waals surface area contributed by atoms with Crippen LogP contribution in [0.5, 0.6) is 5.75 Å². The number of esters is 1. The molecule has 27 heavy (non-hydrogen) atoms. The highest BCUT2D eigenvalue weighted by Crippen LogP contribution is 2.24. The van der Waals surface area contributed by atoms with Gasteiger partial charge in [-0.25, -0.2) is 0 Å². The van der Waals surface area contributed by atoms with Crippen LogP contribution in [0, 0.1) is 0 Å². The van der Waals surface area contributed by atoms with E-state index in [0.717, 1.165) is 32.1 Å². The Labute approximate surface area is 159 Å². The fourth-order valence-corrected chi connectivity index (χ4v) is 2.90. The minimum atomic E-state index is -1.47. The van der Waals surface area contributed by atoms with Crippen molar-refractivity contribution in [3.63, 3.8) is 0 Å². The van der Waals surface area contributed by atoms with Crippen LogP contribution >= 0.6 is 0 Å². The first-order chi connectivity index (χ1) is 13.0. The second-order valence-corrected chi connectivity index (χ2v) is 6.79. The molecule has 3 N–H and O–H groups in total. The van der Waals surface area contributed by atoms with Crippen molar-refractivity contribution in [3.05, 3.63) is 30.3 Å². The molecule has 5 atom stereocenters. The van der Waals surface area contributed by atoms with Crippen molar-refractivity contribution >= 4 is 5.97 Å². The lowest BCUT2D eigenvalue weighted by Crippen LogP contribution is -2.60. The lowest BCUT2D eigenvalue weighted by Gasteiger charge is -2.39. The van der Waals surface area contributed by atoms with Gasteiger partial charge in [-0.15, -0.1) is 0 Å². The molecule has 1 saturated heterocycles. The van der Waals surface area contributed by atoms with Crippen LogP contribution in [0.2, 0.25) is 0 Å². The lowest BCUT2D eigenvalue weighted by molar-refractivity contribution is -0.278. The number of carbonyl (C=O) groups is 1. The van der Waals surface area contributed by atoms with Crippen molar-refractivity contribution in [2.24, 2.45) is 0 Å². The molecule has 152 valence electrons. The highest BCUT2D eigenvalue weighted by Gasteiger charge is 2.45. The quantitative estimate of drug-likeness (QED) is 0.418. The van der Waals surface area contributed by atoms with E-state index in [1.807, 2.05) is 6.07 Å². The number of aliphatic hydroxyl groups excluding tert-OH is 3. The molecule has 0 aliphatic carbocycles. The first-order valence-electron chi connectivity index (χ1n) is 9.60. The molecule has 7 nitrogen and oxygen atoms in total. The van der Waals surface area contributed by atoms with Crippen LogP contribution in [0.15, 0.2) is 30.3 Å². The van der Waals surface area contributed by atoms with Crippen LogP contribution in [0.4, 0.5) is 0 Å². The minimum absolute atomic E-state index is 0.215. The smallest absolute Gasteiger partial charge is 0.305 e. The van der Waals surface area contributed by atoms with Gasteiger partial charge in [0, 0.05) is 6.42 Å². The summed E-state index contributed by atoms with van der Waals surface area (Å²) < 4.78 is 16.2. The Morgan fingerprint density at radius 3 is 2.41 bits per heavy atom. The van der Waals surface area contributed by atoms with Crippen LogP contribution in [0.1, 0.15) is 45.4 Å². The molecule has 1 aliphatic heterocycles. The molecule has 2 rings (SSSR count). The third kappa shape index (κ3) is 6.77. The van der Waals surface area contributed by atoms with Gasteiger partial charge in [-0.2, -0.15) is 0 Å². The number of ether oxygens (including phenoxy) is 3. The summed E-state index contributed by atoms with van der Waals surface area (Å²) in [6, 6.07) is 8.70. The highest BCUT2D eigenvalue weighted by atomic mass is 16.7. The van der Waals surface area contributed by atoms with Gasteiger partial charge < -0.3 is 29.5 Å². The molecule has 0 radical (unpaired) electrons. The molecule has 0 unspecified atom stereocenters. The van der Waals surface area contributed by atoms with Crippen molar-refractivity contribution in [1.82, 2.24) is 0 Å². The Morgan fingerprint density at radius 1 is 1.00 bits per heavy atom. The molecule has 1 aromatic rings. The maximum absolute atomic E-state index is 11.8. The van der Waals surface area contributed by atoms with Crippen molar-refractivity contribution in [3.8, 4) is 5.75 Å². The number of hydrogen-bond acceptors (Lipinski definition) is 7. The molecule has 0 aromatic heterocycles. The largest absolute Gasteiger partial charge is 0.463 e. The second-order valence-electron chi connectivity index (χ2n) is 6.79. The molecule has 0 spiro atoms. The van der Waals surface area contributed by atoms with Gasteiger partial charge in [0.1, 0.15) is 36.8 Å². The molecule has 1 heterocycles. The van der Waals surface area contributed by atoms with E-state index in [4.69, 9.17) is 14.2 Å². The predicted octanol–water partition coefficient (Wildman–Crippen LogP) is 1.78. The van der Waals surface area contributed by atoms with E-state index in [1.165, 1.54) is 0 Å². The van der Waals surface area contributed by atoms with Crippen LogP contribution in [-0.4, -0.2) is 58.6 Å². The predicted molar refractivity (Wildman–Crippen MR) is 98.1 cm³/mol. The molecule has 1 fully saturated rings. The summed E-state index contributed by atoms with van der Waals surface area (Å²) in [5, 5.41) is 30.2. The molecular formula is C20H30O7. The van der Waals surface area contributed by atoms with Crippen molar-refractivity contribution in [2.45, 2.75) is 76.2 Å². The number of unbranched alkanes of at least 4 members (excludes halogenated alkanes) is 4. The van der Waals surface area contributed by atoms with Crippen LogP contribution in [0.25, 0.3) is 0 Å². The number of benzene rings is 1. The summed E-state index contributed by atoms with van der Waals surface area (Å²) in [5.41, 5.74) is 0. The third-order valence-corrected chi connectivity index (χ3v) is 4.56. The van der Waals surface area contributed by atoms with Crippen LogP contribution < -0.4 is 4.74 Å². The standard InChI is InChI=1S/C20H30O7/c1-2-3-4-5-9-12-16(21)25-13-15-17(22)18(23)19(24)20(27-15)26-14-10-7-6-8-11-14/h6-8,10-11,15,17-20,22-24H,2-5,9,12-13H2,1H3/t15-,17-,18+,19-,20+/m1/s1. The van der Waals surface area contributed by atoms with E-state index >= 15 is 0 Å². The molecule has 1 aromatic carbocycles. The van der Waals surface area contributed by atoms with E-state index in [9.17, 15) is 20.1 Å². The number of hydrogen-bond donors (Lipinski definition) is 3. The van der Waals surface area contributed by atoms with Crippen molar-refractivity contribution in [1.29, 1.82) is 0 Å². The average Bonchev–Trinajstić information content (AvgIpc) is 2.68. The topological polar surface area (TPSA) is 105 Å². The summed E-state index contributed by atoms with van der Waals surface area (Å²) >= 11 is 0. The number of para-hydroxylation sites is 1. The van der Waals surface area contributed by atoms with E-state index in [2.05, 4.69) is 6.92 Å². The Bertz CT molecular complexity index is 551. The first-order valence-corrected chi connectivity index (χ1v) is 9.60. The van der Waals surface area contributed by atoms with Gasteiger partial charge in [-0.05, 0) is 18.6 Å². The normalized spacial score (nSPS) is 27.9. The van der Waals surface area contributed by atoms with Crippen molar-refractivity contribution < 1.29 is 34.3 Å². The van der Waals surface area contributed by atoms with Gasteiger partial charge in [0.15, 0.2) is 0 Å². The zero-order valence-corrected chi connectivity index (χ0v) is 15.7. The van der Waals surface area contributed by atoms with Gasteiger partial charge in [0.2, 0.25) is 6.29 Å². The number of aliphatic hydroxyl groups is 3. The molecule has 0 saturated carbocycles. The maximum Gasteiger partial charge on any atom is 0.305 e. The third-order valence-electron chi connectivity index (χ3n) is 4.56. The second kappa shape index (κ2) is 11.2.